The molecule has 0 saturated carbocycles. The summed E-state index contributed by atoms with van der Waals surface area (Å²) in [5, 5.41) is 17.2. The monoisotopic (exact) mass is 555 g/mol. The molecule has 0 aliphatic carbocycles. The van der Waals surface area contributed by atoms with Gasteiger partial charge < -0.3 is 5.11 Å². The highest BCUT2D eigenvalue weighted by Gasteiger charge is 2.23. The molecule has 2 aromatic carbocycles. The number of rotatable bonds is 8. The molecule has 1 N–H and O–H groups in total. The molecule has 198 valence electrons. The van der Waals surface area contributed by atoms with Crippen LogP contribution in [0.1, 0.15) is 34.1 Å². The molecule has 5 aromatic rings. The van der Waals surface area contributed by atoms with E-state index in [9.17, 15) is 22.4 Å². The third-order valence-corrected chi connectivity index (χ3v) is 6.42. The number of nitrogens with zero attached hydrogens (tertiary/aromatic N) is 5. The Morgan fingerprint density at radius 3 is 2.26 bits per heavy atom. The Balaban J connectivity index is 1.52. The van der Waals surface area contributed by atoms with Crippen LogP contribution in [0.2, 0.25) is 5.02 Å². The highest BCUT2D eigenvalue weighted by atomic mass is 35.5. The summed E-state index contributed by atoms with van der Waals surface area (Å²) in [5.74, 6) is -2.55. The molecule has 0 radical (unpaired) electrons. The zero-order chi connectivity index (χ0) is 27.7. The first-order chi connectivity index (χ1) is 18.7. The van der Waals surface area contributed by atoms with Crippen LogP contribution in [0.5, 0.6) is 0 Å². The summed E-state index contributed by atoms with van der Waals surface area (Å²) in [6.45, 7) is 0.114. The molecule has 0 bridgehead atoms. The number of benzene rings is 2. The van der Waals surface area contributed by atoms with Crippen LogP contribution in [0, 0.1) is 11.6 Å². The summed E-state index contributed by atoms with van der Waals surface area (Å²) < 4.78 is 58.5. The van der Waals surface area contributed by atoms with Gasteiger partial charge in [-0.05, 0) is 29.8 Å². The van der Waals surface area contributed by atoms with Gasteiger partial charge in [0.25, 0.3) is 6.43 Å². The van der Waals surface area contributed by atoms with Gasteiger partial charge in [0.1, 0.15) is 11.9 Å². The molecule has 7 nitrogen and oxygen atoms in total. The minimum atomic E-state index is -2.93. The Morgan fingerprint density at radius 2 is 1.64 bits per heavy atom. The number of hydrogen-bond donors (Lipinski definition) is 1. The lowest BCUT2D eigenvalue weighted by atomic mass is 9.99. The zero-order valence-electron chi connectivity index (χ0n) is 19.8. The molecule has 0 saturated heterocycles. The molecule has 0 unspecified atom stereocenters. The van der Waals surface area contributed by atoms with E-state index in [2.05, 4.69) is 15.2 Å². The van der Waals surface area contributed by atoms with Gasteiger partial charge in [-0.25, -0.2) is 22.4 Å². The van der Waals surface area contributed by atoms with Gasteiger partial charge in [0.2, 0.25) is 0 Å². The largest absolute Gasteiger partial charge is 0.478 e. The van der Waals surface area contributed by atoms with Crippen molar-refractivity contribution < 1.29 is 27.5 Å². The van der Waals surface area contributed by atoms with Crippen molar-refractivity contribution in [1.82, 2.24) is 24.5 Å². The fourth-order valence-corrected chi connectivity index (χ4v) is 4.34. The van der Waals surface area contributed by atoms with E-state index in [0.717, 1.165) is 23.9 Å². The van der Waals surface area contributed by atoms with Crippen LogP contribution in [0.15, 0.2) is 79.5 Å². The molecule has 12 heteroatoms. The SMILES string of the molecule is O=C(O)c1ccc(-c2cnn([C@@H](Cn3cc(F)cn3)c3ccc(-c4c(C(F)F)ccc(Cl)c4F)cn3)c2)cc1. The molecule has 0 aliphatic rings. The summed E-state index contributed by atoms with van der Waals surface area (Å²) >= 11 is 5.85. The van der Waals surface area contributed by atoms with Gasteiger partial charge in [-0.15, -0.1) is 0 Å². The maximum absolute atomic E-state index is 14.8. The fraction of sp³-hybridized carbons (Fsp3) is 0.111. The summed E-state index contributed by atoms with van der Waals surface area (Å²) in [5.41, 5.74) is 1.22. The molecule has 0 aliphatic heterocycles. The minimum absolute atomic E-state index is 0.109. The van der Waals surface area contributed by atoms with Crippen molar-refractivity contribution in [1.29, 1.82) is 0 Å². The van der Waals surface area contributed by atoms with E-state index >= 15 is 0 Å². The molecule has 0 fully saturated rings. The van der Waals surface area contributed by atoms with E-state index in [1.807, 2.05) is 0 Å². The molecule has 0 spiro atoms. The van der Waals surface area contributed by atoms with E-state index in [1.165, 1.54) is 35.3 Å². The van der Waals surface area contributed by atoms with Crippen LogP contribution < -0.4 is 0 Å². The number of alkyl halides is 2. The molecule has 3 aromatic heterocycles. The number of carboxylic acids is 1. The molecule has 39 heavy (non-hydrogen) atoms. The minimum Gasteiger partial charge on any atom is -0.478 e. The molecule has 1 atom stereocenters. The number of halogens is 5. The standard InChI is InChI=1S/C27H18ClF4N5O2/c28-21-7-6-20(26(31)32)24(25(21)30)17-5-8-22(33-9-17)23(14-36-13-19(29)11-34-36)37-12-18(10-35-37)15-1-3-16(4-2-15)27(38)39/h1-13,23,26H,14H2,(H,38,39)/t23-/m0/s1. The summed E-state index contributed by atoms with van der Waals surface area (Å²) in [7, 11) is 0. The lowest BCUT2D eigenvalue weighted by Crippen LogP contribution is -2.19. The number of hydrogen-bond acceptors (Lipinski definition) is 4. The Labute approximate surface area is 223 Å². The van der Waals surface area contributed by atoms with Crippen molar-refractivity contribution in [2.75, 3.05) is 0 Å². The average molecular weight is 556 g/mol. The smallest absolute Gasteiger partial charge is 0.335 e. The van der Waals surface area contributed by atoms with E-state index in [4.69, 9.17) is 16.7 Å². The topological polar surface area (TPSA) is 85.8 Å². The van der Waals surface area contributed by atoms with Crippen LogP contribution in [0.25, 0.3) is 22.3 Å². The first kappa shape index (κ1) is 26.1. The summed E-state index contributed by atoms with van der Waals surface area (Å²) in [4.78, 5) is 15.6. The zero-order valence-corrected chi connectivity index (χ0v) is 20.6. The maximum atomic E-state index is 14.8. The lowest BCUT2D eigenvalue weighted by molar-refractivity contribution is 0.0697. The Morgan fingerprint density at radius 1 is 0.897 bits per heavy atom. The van der Waals surface area contributed by atoms with Crippen molar-refractivity contribution in [2.24, 2.45) is 0 Å². The number of aromatic carboxylic acids is 1. The predicted molar refractivity (Wildman–Crippen MR) is 135 cm³/mol. The van der Waals surface area contributed by atoms with Crippen molar-refractivity contribution in [2.45, 2.75) is 19.0 Å². The van der Waals surface area contributed by atoms with Gasteiger partial charge in [-0.1, -0.05) is 35.9 Å². The second kappa shape index (κ2) is 10.7. The Hall–Kier alpha value is -4.51. The maximum Gasteiger partial charge on any atom is 0.335 e. The van der Waals surface area contributed by atoms with Crippen molar-refractivity contribution in [3.05, 3.63) is 113 Å². The van der Waals surface area contributed by atoms with Gasteiger partial charge in [0.05, 0.1) is 41.4 Å². The van der Waals surface area contributed by atoms with E-state index in [0.29, 0.717) is 11.3 Å². The molecular weight excluding hydrogens is 538 g/mol. The van der Waals surface area contributed by atoms with Gasteiger partial charge in [-0.3, -0.25) is 14.3 Å². The first-order valence-corrected chi connectivity index (χ1v) is 11.9. The lowest BCUT2D eigenvalue weighted by Gasteiger charge is -2.18. The van der Waals surface area contributed by atoms with E-state index in [1.54, 1.807) is 35.3 Å². The van der Waals surface area contributed by atoms with E-state index in [-0.39, 0.29) is 28.3 Å². The first-order valence-electron chi connectivity index (χ1n) is 11.5. The van der Waals surface area contributed by atoms with Crippen LogP contribution in [0.3, 0.4) is 0 Å². The molecule has 3 heterocycles. The number of carboxylic acid groups (broad SMARTS) is 1. The molecule has 5 rings (SSSR count). The van der Waals surface area contributed by atoms with Gasteiger partial charge >= 0.3 is 5.97 Å². The van der Waals surface area contributed by atoms with Crippen LogP contribution >= 0.6 is 11.6 Å². The van der Waals surface area contributed by atoms with Crippen molar-refractivity contribution in [3.8, 4) is 22.3 Å². The highest BCUT2D eigenvalue weighted by molar-refractivity contribution is 6.31. The van der Waals surface area contributed by atoms with Crippen LogP contribution in [-0.2, 0) is 6.54 Å². The Kier molecular flexibility index (Phi) is 7.16. The molecule has 0 amide bonds. The number of aromatic nitrogens is 5. The van der Waals surface area contributed by atoms with Crippen LogP contribution in [-0.4, -0.2) is 35.6 Å². The van der Waals surface area contributed by atoms with E-state index < -0.39 is 35.6 Å². The molecular formula is C27H18ClF4N5O2. The second-order valence-electron chi connectivity index (χ2n) is 8.59. The predicted octanol–water partition coefficient (Wildman–Crippen LogP) is 6.67. The van der Waals surface area contributed by atoms with Gasteiger partial charge in [0.15, 0.2) is 5.82 Å². The Bertz CT molecular complexity index is 1640. The number of pyridine rings is 1. The quantitative estimate of drug-likeness (QED) is 0.216. The average Bonchev–Trinajstić information content (AvgIpc) is 3.58. The fourth-order valence-electron chi connectivity index (χ4n) is 4.18. The van der Waals surface area contributed by atoms with Crippen LogP contribution in [0.4, 0.5) is 17.6 Å². The highest BCUT2D eigenvalue weighted by Crippen LogP contribution is 2.36. The van der Waals surface area contributed by atoms with Gasteiger partial charge in [0, 0.05) is 34.6 Å². The summed E-state index contributed by atoms with van der Waals surface area (Å²) in [6, 6.07) is 10.8. The number of carbonyl (C=O) groups is 1. The van der Waals surface area contributed by atoms with Crippen molar-refractivity contribution >= 4 is 17.6 Å². The normalized spacial score (nSPS) is 12.2. The van der Waals surface area contributed by atoms with Gasteiger partial charge in [-0.2, -0.15) is 10.2 Å². The second-order valence-corrected chi connectivity index (χ2v) is 8.99. The summed E-state index contributed by atoms with van der Waals surface area (Å²) in [6.07, 6.45) is 3.88. The third kappa shape index (κ3) is 5.39. The van der Waals surface area contributed by atoms with Crippen molar-refractivity contribution in [3.63, 3.8) is 0 Å². The third-order valence-electron chi connectivity index (χ3n) is 6.13.